The summed E-state index contributed by atoms with van der Waals surface area (Å²) in [6.07, 6.45) is 40.7. The van der Waals surface area contributed by atoms with Crippen LogP contribution in [0.3, 0.4) is 0 Å². The van der Waals surface area contributed by atoms with Crippen LogP contribution in [-0.2, 0) is 25.9 Å². The number of rotatable bonds is 9. The Hall–Kier alpha value is -8.37. The van der Waals surface area contributed by atoms with Gasteiger partial charge in [-0.1, -0.05) is 37.8 Å². The van der Waals surface area contributed by atoms with E-state index in [1.807, 2.05) is 134 Å². The summed E-state index contributed by atoms with van der Waals surface area (Å²) in [7, 11) is 6.01. The minimum Gasteiger partial charge on any atom is -0.384 e. The Labute approximate surface area is 645 Å². The number of hydrogen-bond donors (Lipinski definition) is 7. The average molecular weight is 1700 g/mol. The summed E-state index contributed by atoms with van der Waals surface area (Å²) in [5, 5.41) is 25.5. The van der Waals surface area contributed by atoms with Crippen LogP contribution in [-0.4, -0.2) is 131 Å². The number of nitrogens with zero attached hydrogens (tertiary/aromatic N) is 19. The van der Waals surface area contributed by atoms with Gasteiger partial charge in [-0.05, 0) is 166 Å². The fraction of sp³-hybridized carbons (Fsp3) is 0.397. The van der Waals surface area contributed by atoms with Gasteiger partial charge in [-0.2, -0.15) is 59.8 Å². The molecule has 4 aliphatic heterocycles. The second-order valence-electron chi connectivity index (χ2n) is 27.5. The molecule has 0 amide bonds. The van der Waals surface area contributed by atoms with Gasteiger partial charge < -0.3 is 63.1 Å². The topological polar surface area (TPSA) is 346 Å². The average Bonchev–Trinajstić information content (AvgIpc) is 1.69. The third-order valence-electron chi connectivity index (χ3n) is 20.0. The number of hydrogen-bond acceptors (Lipinski definition) is 20. The number of fused-ring (bicyclic) bond motifs is 5. The van der Waals surface area contributed by atoms with Crippen molar-refractivity contribution in [2.75, 3.05) is 72.1 Å². The van der Waals surface area contributed by atoms with Gasteiger partial charge in [0.05, 0.1) is 61.5 Å². The molecule has 0 spiro atoms. The molecular weight excluding hydrogens is 1610 g/mol. The lowest BCUT2D eigenvalue weighted by molar-refractivity contribution is 0.0120. The van der Waals surface area contributed by atoms with Crippen LogP contribution in [0.2, 0.25) is 0 Å². The minimum atomic E-state index is -0.0102. The van der Waals surface area contributed by atoms with E-state index in [-0.39, 0.29) is 12.1 Å². The predicted molar refractivity (Wildman–Crippen MR) is 433 cm³/mol. The van der Waals surface area contributed by atoms with E-state index in [1.165, 1.54) is 50.7 Å². The Kier molecular flexibility index (Phi) is 22.4. The normalized spacial score (nSPS) is 18.6. The summed E-state index contributed by atoms with van der Waals surface area (Å²) < 4.78 is 23.7. The van der Waals surface area contributed by atoms with Crippen LogP contribution in [0.5, 0.6) is 0 Å². The number of nitrogens with one attached hydrogen (secondary N) is 1. The van der Waals surface area contributed by atoms with Gasteiger partial charge in [0.1, 0.15) is 45.5 Å². The van der Waals surface area contributed by atoms with Crippen molar-refractivity contribution in [1.29, 1.82) is 0 Å². The van der Waals surface area contributed by atoms with E-state index in [9.17, 15) is 0 Å². The first kappa shape index (κ1) is 73.5. The monoisotopic (exact) mass is 1690 g/mol. The molecule has 17 heterocycles. The molecule has 0 radical (unpaired) electrons. The van der Waals surface area contributed by atoms with Gasteiger partial charge in [0.2, 0.25) is 0 Å². The molecule has 0 bridgehead atoms. The number of thioether (sulfide) groups is 1. The molecule has 0 aromatic carbocycles. The van der Waals surface area contributed by atoms with Gasteiger partial charge in [0.25, 0.3) is 0 Å². The third-order valence-corrected chi connectivity index (χ3v) is 24.6. The summed E-state index contributed by atoms with van der Waals surface area (Å²) in [5.74, 6) is 6.04. The van der Waals surface area contributed by atoms with Crippen LogP contribution >= 0.6 is 75.5 Å². The van der Waals surface area contributed by atoms with E-state index < -0.39 is 0 Å². The first-order valence-corrected chi connectivity index (χ1v) is 39.9. The zero-order valence-electron chi connectivity index (χ0n) is 59.4. The summed E-state index contributed by atoms with van der Waals surface area (Å²) in [4.78, 5) is 26.3. The SMILES string of the molecule is C/C=C\c1cnn2c(N)cc(C3CCCCC3)nc12.Cc1cnn2c(N)c(Br)c(N3CC[C@@H](N)C3)nc12.Cn1ccc(-c2cnn3c(N)c(Br)c(C4CCCCO4)nc23)c1.Cn1ccc(-c2cnn3c(N)c(Br)c(C4CCCCS4)nc23)c1.Cn1ccc(-c2cnn3c(N)c(Br)c(C4CCNC4)nc23)c1. The number of anilines is 6. The molecule has 1 saturated carbocycles. The van der Waals surface area contributed by atoms with Crippen LogP contribution in [0.4, 0.5) is 34.9 Å². The van der Waals surface area contributed by atoms with Crippen molar-refractivity contribution in [1.82, 2.24) is 92.0 Å². The molecule has 13 aromatic heterocycles. The predicted octanol–water partition coefficient (Wildman–Crippen LogP) is 13.8. The maximum Gasteiger partial charge on any atom is 0.165 e. The zero-order valence-corrected chi connectivity index (χ0v) is 66.6. The van der Waals surface area contributed by atoms with Gasteiger partial charge in [0.15, 0.2) is 28.2 Å². The fourth-order valence-corrected chi connectivity index (χ4v) is 17.9. The molecule has 4 saturated heterocycles. The quantitative estimate of drug-likeness (QED) is 0.0706. The Morgan fingerprint density at radius 3 is 1.60 bits per heavy atom. The first-order valence-electron chi connectivity index (χ1n) is 35.7. The highest BCUT2D eigenvalue weighted by Crippen LogP contribution is 2.44. The van der Waals surface area contributed by atoms with Crippen molar-refractivity contribution in [3.8, 4) is 33.4 Å². The highest BCUT2D eigenvalue weighted by atomic mass is 79.9. The Morgan fingerprint density at radius 1 is 0.543 bits per heavy atom. The van der Waals surface area contributed by atoms with E-state index in [1.54, 1.807) is 28.8 Å². The van der Waals surface area contributed by atoms with Gasteiger partial charge in [-0.15, -0.1) is 0 Å². The van der Waals surface area contributed by atoms with Crippen LogP contribution < -0.4 is 44.6 Å². The Balaban J connectivity index is 0.000000111. The van der Waals surface area contributed by atoms with Crippen molar-refractivity contribution in [3.05, 3.63) is 150 Å². The summed E-state index contributed by atoms with van der Waals surface area (Å²) in [6.45, 7) is 8.43. The van der Waals surface area contributed by atoms with Crippen molar-refractivity contribution in [2.24, 2.45) is 26.9 Å². The number of aryl methyl sites for hydroxylation is 4. The summed E-state index contributed by atoms with van der Waals surface area (Å²) >= 11 is 16.3. The lowest BCUT2D eigenvalue weighted by Gasteiger charge is -2.23. The number of allylic oxidation sites excluding steroid dienone is 1. The highest BCUT2D eigenvalue weighted by Gasteiger charge is 2.30. The van der Waals surface area contributed by atoms with Crippen molar-refractivity contribution < 1.29 is 4.74 Å². The molecule has 1 aliphatic carbocycles. The molecule has 5 aliphatic rings. The lowest BCUT2D eigenvalue weighted by atomic mass is 9.87. The maximum absolute atomic E-state index is 6.32. The molecule has 4 atom stereocenters. The van der Waals surface area contributed by atoms with Crippen LogP contribution in [0.25, 0.3) is 67.7 Å². The molecule has 13 N–H and O–H groups in total. The molecule has 18 rings (SSSR count). The molecule has 3 unspecified atom stereocenters. The van der Waals surface area contributed by atoms with Gasteiger partial charge in [-0.25, -0.2) is 24.9 Å². The number of halogens is 4. The van der Waals surface area contributed by atoms with Crippen molar-refractivity contribution >= 4 is 145 Å². The van der Waals surface area contributed by atoms with Gasteiger partial charge in [-0.3, -0.25) is 0 Å². The number of nitrogens with two attached hydrogens (primary N) is 6. The van der Waals surface area contributed by atoms with E-state index in [0.717, 1.165) is 191 Å². The molecule has 27 nitrogen and oxygen atoms in total. The molecule has 32 heteroatoms. The van der Waals surface area contributed by atoms with E-state index >= 15 is 0 Å². The zero-order chi connectivity index (χ0) is 73.3. The molecule has 550 valence electrons. The van der Waals surface area contributed by atoms with E-state index in [2.05, 4.69) is 129 Å². The van der Waals surface area contributed by atoms with Crippen molar-refractivity contribution in [2.45, 2.75) is 127 Å². The van der Waals surface area contributed by atoms with Crippen molar-refractivity contribution in [3.63, 3.8) is 0 Å². The second kappa shape index (κ2) is 32.0. The molecule has 13 aromatic rings. The standard InChI is InChI=1S/C16H18BrN5O.C16H18BrN5S.C15H17BrN6.C15H20N4.C11H15BrN6/c2*1-21-6-5-10(9-21)11-8-19-22-15(18)13(17)14(20-16(11)22)12-4-2-3-7-23-12;1-21-5-3-10(8-21)11-7-19-22-14(17)12(16)13(20-15(11)22)9-2-4-18-6-9;1-2-6-12-10-17-19-14(16)9-13(18-15(12)19)11-7-4-3-5-8-11;1-6-4-15-18-9(14)8(12)11(16-10(6)18)17-3-2-7(13)5-17/h2*5-6,8-9,12H,2-4,7,18H2,1H3;3,5,7-9,18H,2,4,6,17H2,1H3;2,6,9-11H,3-5,7-8,16H2,1H3;4,7H,2-3,5,13-14H2,1H3/b;;;6-2-;/t;;;;7-/m....1/s1. The highest BCUT2D eigenvalue weighted by molar-refractivity contribution is 9.11. The Morgan fingerprint density at radius 2 is 1.08 bits per heavy atom. The summed E-state index contributed by atoms with van der Waals surface area (Å²) in [6, 6.07) is 8.39. The Bertz CT molecular complexity index is 5140. The van der Waals surface area contributed by atoms with Gasteiger partial charge >= 0.3 is 0 Å². The van der Waals surface area contributed by atoms with Crippen LogP contribution in [0.1, 0.15) is 147 Å². The van der Waals surface area contributed by atoms with E-state index in [0.29, 0.717) is 46.2 Å². The minimum absolute atomic E-state index is 0.0102. The molecular formula is C73H88Br4N26OS. The summed E-state index contributed by atoms with van der Waals surface area (Å²) in [5.41, 5.74) is 53.5. The smallest absolute Gasteiger partial charge is 0.165 e. The third kappa shape index (κ3) is 15.2. The molecule has 5 fully saturated rings. The largest absolute Gasteiger partial charge is 0.384 e. The fourth-order valence-electron chi connectivity index (χ4n) is 14.3. The molecule has 105 heavy (non-hydrogen) atoms. The number of nitrogen functional groups attached to an aromatic ring is 5. The maximum atomic E-state index is 6.32. The first-order chi connectivity index (χ1) is 50.8. The van der Waals surface area contributed by atoms with Crippen LogP contribution in [0.15, 0.2) is 116 Å². The number of aromatic nitrogens is 18. The lowest BCUT2D eigenvalue weighted by Crippen LogP contribution is -2.27. The van der Waals surface area contributed by atoms with E-state index in [4.69, 9.17) is 59.1 Å². The van der Waals surface area contributed by atoms with Gasteiger partial charge in [0, 0.05) is 164 Å². The second-order valence-corrected chi connectivity index (χ2v) is 32.0. The number of ether oxygens (including phenoxy) is 1. The van der Waals surface area contributed by atoms with Crippen LogP contribution in [0, 0.1) is 6.92 Å².